The molecule has 0 aliphatic heterocycles. The number of sulfonamides is 1. The Morgan fingerprint density at radius 3 is 2.44 bits per heavy atom. The summed E-state index contributed by atoms with van der Waals surface area (Å²) in [7, 11) is -3.63. The summed E-state index contributed by atoms with van der Waals surface area (Å²) in [5.74, 6) is -2.74. The molecule has 2 N–H and O–H groups in total. The third kappa shape index (κ3) is 2.60. The molecule has 98 valence electrons. The molecule has 0 bridgehead atoms. The predicted molar refractivity (Wildman–Crippen MR) is 55.8 cm³/mol. The number of hydrogen-bond donors (Lipinski definition) is 1. The van der Waals surface area contributed by atoms with E-state index in [1.165, 1.54) is 0 Å². The molecule has 0 aliphatic carbocycles. The highest BCUT2D eigenvalue weighted by Crippen LogP contribution is 2.24. The minimum Gasteiger partial charge on any atom is -0.465 e. The standard InChI is InChI=1S/C8H7FN2O6S/c1-17-8(12)5-2-4(11(13)14)3-6(7(5)9)18(10,15)16/h2-3H,1H3,(H2,10,15,16). The number of esters is 1. The van der Waals surface area contributed by atoms with E-state index in [1.807, 2.05) is 0 Å². The average molecular weight is 278 g/mol. The van der Waals surface area contributed by atoms with Crippen LogP contribution in [0.5, 0.6) is 0 Å². The second kappa shape index (κ2) is 4.66. The van der Waals surface area contributed by atoms with E-state index in [2.05, 4.69) is 4.74 Å². The molecule has 0 fully saturated rings. The summed E-state index contributed by atoms with van der Waals surface area (Å²) < 4.78 is 40.0. The van der Waals surface area contributed by atoms with Crippen molar-refractivity contribution in [2.75, 3.05) is 7.11 Å². The summed E-state index contributed by atoms with van der Waals surface area (Å²) in [6, 6.07) is 0.993. The fraction of sp³-hybridized carbons (Fsp3) is 0.125. The van der Waals surface area contributed by atoms with Gasteiger partial charge in [-0.3, -0.25) is 10.1 Å². The van der Waals surface area contributed by atoms with E-state index in [-0.39, 0.29) is 0 Å². The number of nitrogens with zero attached hydrogens (tertiary/aromatic N) is 1. The van der Waals surface area contributed by atoms with Gasteiger partial charge in [0, 0.05) is 12.1 Å². The highest BCUT2D eigenvalue weighted by molar-refractivity contribution is 7.89. The number of primary sulfonamides is 1. The number of rotatable bonds is 3. The van der Waals surface area contributed by atoms with Crippen LogP contribution in [0.2, 0.25) is 0 Å². The molecular formula is C8H7FN2O6S. The van der Waals surface area contributed by atoms with Crippen molar-refractivity contribution in [2.24, 2.45) is 5.14 Å². The Balaban J connectivity index is 3.69. The molecule has 8 nitrogen and oxygen atoms in total. The smallest absolute Gasteiger partial charge is 0.341 e. The molecule has 1 rings (SSSR count). The second-order valence-corrected chi connectivity index (χ2v) is 4.63. The molecule has 10 heteroatoms. The van der Waals surface area contributed by atoms with E-state index in [4.69, 9.17) is 5.14 Å². The molecule has 0 aromatic heterocycles. The molecule has 0 atom stereocenters. The fourth-order valence-corrected chi connectivity index (χ4v) is 1.80. The van der Waals surface area contributed by atoms with Gasteiger partial charge in [-0.05, 0) is 0 Å². The first-order valence-corrected chi connectivity index (χ1v) is 5.82. The minimum atomic E-state index is -4.54. The van der Waals surface area contributed by atoms with Gasteiger partial charge in [0.1, 0.15) is 10.5 Å². The van der Waals surface area contributed by atoms with Crippen LogP contribution in [0.1, 0.15) is 10.4 Å². The number of nitro groups is 1. The number of ether oxygens (including phenoxy) is 1. The first-order valence-electron chi connectivity index (χ1n) is 4.27. The number of halogens is 1. The van der Waals surface area contributed by atoms with Crippen LogP contribution in [0.15, 0.2) is 17.0 Å². The van der Waals surface area contributed by atoms with Crippen molar-refractivity contribution in [3.05, 3.63) is 33.6 Å². The SMILES string of the molecule is COC(=O)c1cc([N+](=O)[O-])cc(S(N)(=O)=O)c1F. The van der Waals surface area contributed by atoms with Gasteiger partial charge in [0.05, 0.1) is 12.0 Å². The Labute approximate surface area is 100 Å². The Bertz CT molecular complexity index is 627. The van der Waals surface area contributed by atoms with Gasteiger partial charge in [-0.2, -0.15) is 0 Å². The third-order valence-corrected chi connectivity index (χ3v) is 2.86. The number of carbonyl (C=O) groups excluding carboxylic acids is 1. The van der Waals surface area contributed by atoms with Crippen LogP contribution in [0, 0.1) is 15.9 Å². The summed E-state index contributed by atoms with van der Waals surface area (Å²) >= 11 is 0. The summed E-state index contributed by atoms with van der Waals surface area (Å²) in [5, 5.41) is 15.2. The monoisotopic (exact) mass is 278 g/mol. The Hall–Kier alpha value is -2.07. The molecule has 0 amide bonds. The van der Waals surface area contributed by atoms with E-state index in [9.17, 15) is 27.7 Å². The largest absolute Gasteiger partial charge is 0.465 e. The van der Waals surface area contributed by atoms with Crippen molar-refractivity contribution in [3.63, 3.8) is 0 Å². The highest BCUT2D eigenvalue weighted by atomic mass is 32.2. The van der Waals surface area contributed by atoms with Crippen LogP contribution in [0.4, 0.5) is 10.1 Å². The quantitative estimate of drug-likeness (QED) is 0.476. The van der Waals surface area contributed by atoms with Crippen molar-refractivity contribution in [1.82, 2.24) is 0 Å². The number of benzene rings is 1. The first-order chi connectivity index (χ1) is 8.18. The lowest BCUT2D eigenvalue weighted by atomic mass is 10.2. The fourth-order valence-electron chi connectivity index (χ4n) is 1.15. The Morgan fingerprint density at radius 1 is 1.50 bits per heavy atom. The van der Waals surface area contributed by atoms with Gasteiger partial charge in [0.2, 0.25) is 10.0 Å². The van der Waals surface area contributed by atoms with Crippen LogP contribution in [0.3, 0.4) is 0 Å². The van der Waals surface area contributed by atoms with Gasteiger partial charge >= 0.3 is 5.97 Å². The number of methoxy groups -OCH3 is 1. The normalized spacial score (nSPS) is 11.1. The molecule has 0 saturated carbocycles. The highest BCUT2D eigenvalue weighted by Gasteiger charge is 2.26. The number of nitrogens with two attached hydrogens (primary N) is 1. The summed E-state index contributed by atoms with van der Waals surface area (Å²) in [5.41, 5.74) is -1.67. The van der Waals surface area contributed by atoms with Crippen LogP contribution in [-0.4, -0.2) is 26.4 Å². The van der Waals surface area contributed by atoms with Crippen LogP contribution in [-0.2, 0) is 14.8 Å². The molecule has 0 heterocycles. The molecule has 0 aliphatic rings. The molecule has 1 aromatic carbocycles. The third-order valence-electron chi connectivity index (χ3n) is 1.95. The number of nitro benzene ring substituents is 1. The zero-order chi connectivity index (χ0) is 14.1. The molecule has 0 spiro atoms. The molecular weight excluding hydrogens is 271 g/mol. The maximum absolute atomic E-state index is 13.7. The van der Waals surface area contributed by atoms with Gasteiger partial charge in [-0.15, -0.1) is 0 Å². The van der Waals surface area contributed by atoms with Crippen LogP contribution in [0.25, 0.3) is 0 Å². The second-order valence-electron chi connectivity index (χ2n) is 3.10. The Morgan fingerprint density at radius 2 is 2.06 bits per heavy atom. The first kappa shape index (κ1) is 14.0. The lowest BCUT2D eigenvalue weighted by Gasteiger charge is -2.05. The van der Waals surface area contributed by atoms with Crippen LogP contribution >= 0.6 is 0 Å². The van der Waals surface area contributed by atoms with Gasteiger partial charge < -0.3 is 4.74 Å². The van der Waals surface area contributed by atoms with Crippen molar-refractivity contribution in [3.8, 4) is 0 Å². The number of hydrogen-bond acceptors (Lipinski definition) is 6. The van der Waals surface area contributed by atoms with Crippen molar-refractivity contribution < 1.29 is 27.3 Å². The maximum Gasteiger partial charge on any atom is 0.341 e. The zero-order valence-corrected chi connectivity index (χ0v) is 9.73. The molecule has 0 unspecified atom stereocenters. The minimum absolute atomic E-state index is 0.428. The maximum atomic E-state index is 13.7. The number of carbonyl (C=O) groups is 1. The summed E-state index contributed by atoms with van der Waals surface area (Å²) in [6.07, 6.45) is 0. The van der Waals surface area contributed by atoms with Crippen molar-refractivity contribution in [1.29, 1.82) is 0 Å². The van der Waals surface area contributed by atoms with E-state index in [0.717, 1.165) is 7.11 Å². The summed E-state index contributed by atoms with van der Waals surface area (Å²) in [4.78, 5) is 19.6. The summed E-state index contributed by atoms with van der Waals surface area (Å²) in [6.45, 7) is 0. The van der Waals surface area contributed by atoms with E-state index >= 15 is 0 Å². The van der Waals surface area contributed by atoms with Gasteiger partial charge in [0.15, 0.2) is 5.82 Å². The van der Waals surface area contributed by atoms with Gasteiger partial charge in [-0.1, -0.05) is 0 Å². The lowest BCUT2D eigenvalue weighted by Crippen LogP contribution is -2.17. The van der Waals surface area contributed by atoms with Gasteiger partial charge in [0.25, 0.3) is 5.69 Å². The topological polar surface area (TPSA) is 130 Å². The molecule has 0 radical (unpaired) electrons. The molecule has 18 heavy (non-hydrogen) atoms. The van der Waals surface area contributed by atoms with Crippen molar-refractivity contribution >= 4 is 21.7 Å². The Kier molecular flexibility index (Phi) is 3.62. The predicted octanol–water partition coefficient (Wildman–Crippen LogP) is 0.168. The van der Waals surface area contributed by atoms with E-state index in [0.29, 0.717) is 12.1 Å². The number of non-ortho nitro benzene ring substituents is 1. The van der Waals surface area contributed by atoms with Crippen molar-refractivity contribution in [2.45, 2.75) is 4.90 Å². The molecule has 1 aromatic rings. The zero-order valence-electron chi connectivity index (χ0n) is 8.91. The lowest BCUT2D eigenvalue weighted by molar-refractivity contribution is -0.385. The van der Waals surface area contributed by atoms with Gasteiger partial charge in [-0.25, -0.2) is 22.7 Å². The van der Waals surface area contributed by atoms with E-state index in [1.54, 1.807) is 0 Å². The van der Waals surface area contributed by atoms with Crippen LogP contribution < -0.4 is 5.14 Å². The molecule has 0 saturated heterocycles. The van der Waals surface area contributed by atoms with E-state index < -0.39 is 42.9 Å². The average Bonchev–Trinajstić information content (AvgIpc) is 2.26.